The van der Waals surface area contributed by atoms with Crippen molar-refractivity contribution in [1.29, 1.82) is 5.26 Å². The quantitative estimate of drug-likeness (QED) is 0.0778. The summed E-state index contributed by atoms with van der Waals surface area (Å²) in [5.74, 6) is 0. The Morgan fingerprint density at radius 3 is 1.16 bits per heavy atom. The second-order valence-corrected chi connectivity index (χ2v) is 22.3. The van der Waals surface area contributed by atoms with Crippen molar-refractivity contribution in [3.8, 4) is 6.07 Å². The van der Waals surface area contributed by atoms with Crippen LogP contribution in [0.15, 0.2) is 206 Å². The van der Waals surface area contributed by atoms with Gasteiger partial charge in [0, 0.05) is 34.1 Å². The number of nitrogens with zero attached hydrogens (tertiary/aromatic N) is 4. The molecule has 0 N–H and O–H groups in total. The van der Waals surface area contributed by atoms with Gasteiger partial charge in [0.15, 0.2) is 0 Å². The zero-order valence-electron chi connectivity index (χ0n) is 47.6. The molecule has 0 spiro atoms. The lowest BCUT2D eigenvalue weighted by molar-refractivity contribution is 0.504. The van der Waals surface area contributed by atoms with Crippen molar-refractivity contribution < 1.29 is 0 Å². The highest BCUT2D eigenvalue weighted by Gasteiger charge is 2.22. The maximum Gasteiger partial charge on any atom is 0.202 e. The number of hydrogen-bond acceptors (Lipinski definition) is 3. The first-order valence-electron chi connectivity index (χ1n) is 29.7. The van der Waals surface area contributed by atoms with E-state index in [-0.39, 0.29) is 0 Å². The zero-order chi connectivity index (χ0) is 56.0. The average Bonchev–Trinajstić information content (AvgIpc) is 3.64. The van der Waals surface area contributed by atoms with Crippen LogP contribution in [0.25, 0.3) is 50.7 Å². The van der Waals surface area contributed by atoms with Crippen molar-refractivity contribution in [3.63, 3.8) is 0 Å². The lowest BCUT2D eigenvalue weighted by atomic mass is 9.90. The van der Waals surface area contributed by atoms with Crippen LogP contribution < -0.4 is 9.80 Å². The summed E-state index contributed by atoms with van der Waals surface area (Å²) in [6.45, 7) is 12.6. The first kappa shape index (κ1) is 54.7. The molecular weight excluding hydrogens is 993 g/mol. The molecule has 0 bridgehead atoms. The minimum Gasteiger partial charge on any atom is -0.310 e. The highest BCUT2D eigenvalue weighted by atomic mass is 15.1. The molecule has 3 aliphatic carbocycles. The van der Waals surface area contributed by atoms with Gasteiger partial charge in [-0.15, -0.1) is 0 Å². The minimum absolute atomic E-state index is 0.562. The Morgan fingerprint density at radius 1 is 0.378 bits per heavy atom. The van der Waals surface area contributed by atoms with Crippen LogP contribution >= 0.6 is 0 Å². The predicted octanol–water partition coefficient (Wildman–Crippen LogP) is 22.1. The molecule has 10 aromatic rings. The van der Waals surface area contributed by atoms with Crippen LogP contribution in [-0.2, 0) is 25.7 Å². The minimum atomic E-state index is 0.562. The second kappa shape index (κ2) is 26.4. The van der Waals surface area contributed by atoms with E-state index in [9.17, 15) is 5.26 Å². The molecule has 0 aliphatic heterocycles. The highest BCUT2D eigenvalue weighted by Crippen LogP contribution is 2.43. The van der Waals surface area contributed by atoms with Gasteiger partial charge in [-0.1, -0.05) is 213 Å². The van der Waals surface area contributed by atoms with Gasteiger partial charge in [-0.05, 0) is 198 Å². The van der Waals surface area contributed by atoms with Gasteiger partial charge in [-0.25, -0.2) is 4.85 Å². The van der Waals surface area contributed by atoms with Gasteiger partial charge in [0.05, 0.1) is 12.1 Å². The van der Waals surface area contributed by atoms with Crippen LogP contribution in [0.1, 0.15) is 125 Å². The molecule has 0 atom stereocenters. The SMILES string of the molecule is C1CCCCC1.[C-]#[N+]c1c2ccc(C=Cc3ccc(N(c4ccc(C)cc4)c4cccc5c4CCCC5)cc3)cc2c(C#N)c2ccc(C=Cc3ccc(N(c4ccc(C)cc4)c4cccc5c4CCCC5)cc3)cc12.c1ccccc1. The standard InChI is InChI=1S/C66H54N4.C6H12.C6H6/c1-45-18-32-53(33-19-45)69(64-16-8-12-51-10-4-6-14-57(51)64)55-36-26-47(27-37-55)22-24-49-31-41-60-61(42-49)63(44-67)59-40-30-50(43-62(59)66(60)68-3)25-23-48-28-38-56(39-29-48)70(54-34-20-46(2)21-35-54)65-17-9-13-52-11-5-7-15-58(52)65;2*1-2-4-6-5-3-1/h8-9,12-13,16-43H,4-7,10-11,14-15H2,1-2H3;1-6H2;1-6H. The number of fused-ring (bicyclic) bond motifs is 4. The third kappa shape index (κ3) is 12.7. The molecule has 0 radical (unpaired) electrons. The number of hydrogen-bond donors (Lipinski definition) is 0. The second-order valence-electron chi connectivity index (χ2n) is 22.3. The fraction of sp³-hybridized carbons (Fsp3) is 0.205. The summed E-state index contributed by atoms with van der Waals surface area (Å²) in [6, 6.07) is 75.4. The molecule has 0 aromatic heterocycles. The van der Waals surface area contributed by atoms with Crippen molar-refractivity contribution in [2.24, 2.45) is 0 Å². The summed E-state index contributed by atoms with van der Waals surface area (Å²) < 4.78 is 0. The lowest BCUT2D eigenvalue weighted by Crippen LogP contribution is -2.15. The first-order chi connectivity index (χ1) is 40.4. The molecule has 4 nitrogen and oxygen atoms in total. The number of nitriles is 1. The number of benzene rings is 10. The Labute approximate surface area is 486 Å². The van der Waals surface area contributed by atoms with E-state index in [0.717, 1.165) is 92.2 Å². The molecule has 10 aromatic carbocycles. The van der Waals surface area contributed by atoms with Gasteiger partial charge in [-0.3, -0.25) is 0 Å². The van der Waals surface area contributed by atoms with Crippen molar-refractivity contribution in [1.82, 2.24) is 0 Å². The molecule has 82 heavy (non-hydrogen) atoms. The van der Waals surface area contributed by atoms with E-state index >= 15 is 0 Å². The van der Waals surface area contributed by atoms with Crippen LogP contribution in [0, 0.1) is 31.8 Å². The maximum atomic E-state index is 10.6. The molecule has 404 valence electrons. The topological polar surface area (TPSA) is 34.6 Å². The largest absolute Gasteiger partial charge is 0.310 e. The average molecular weight is 1070 g/mol. The number of aryl methyl sites for hydroxylation is 4. The third-order valence-electron chi connectivity index (χ3n) is 16.6. The van der Waals surface area contributed by atoms with Crippen LogP contribution in [0.2, 0.25) is 0 Å². The Kier molecular flexibility index (Phi) is 17.6. The number of rotatable bonds is 10. The lowest BCUT2D eigenvalue weighted by Gasteiger charge is -2.30. The first-order valence-corrected chi connectivity index (χ1v) is 29.7. The van der Waals surface area contributed by atoms with Crippen molar-refractivity contribution in [3.05, 3.63) is 279 Å². The molecule has 1 saturated carbocycles. The van der Waals surface area contributed by atoms with Crippen molar-refractivity contribution in [2.75, 3.05) is 9.80 Å². The maximum absolute atomic E-state index is 10.6. The molecule has 3 aliphatic rings. The fourth-order valence-electron chi connectivity index (χ4n) is 12.2. The van der Waals surface area contributed by atoms with Gasteiger partial charge in [-0.2, -0.15) is 5.26 Å². The van der Waals surface area contributed by atoms with Gasteiger partial charge in [0.25, 0.3) is 0 Å². The van der Waals surface area contributed by atoms with E-state index in [2.05, 4.69) is 204 Å². The van der Waals surface area contributed by atoms with Crippen LogP contribution in [0.5, 0.6) is 0 Å². The molecular formula is C78H72N4. The summed E-state index contributed by atoms with van der Waals surface area (Å²) in [5, 5.41) is 13.8. The molecule has 1 fully saturated rings. The third-order valence-corrected chi connectivity index (χ3v) is 16.6. The summed E-state index contributed by atoms with van der Waals surface area (Å²) in [6.07, 6.45) is 26.8. The molecule has 0 saturated heterocycles. The summed E-state index contributed by atoms with van der Waals surface area (Å²) in [4.78, 5) is 8.88. The Hall–Kier alpha value is -9.22. The predicted molar refractivity (Wildman–Crippen MR) is 349 cm³/mol. The number of anilines is 6. The Balaban J connectivity index is 0.000000523. The van der Waals surface area contributed by atoms with Gasteiger partial charge < -0.3 is 9.80 Å². The summed E-state index contributed by atoms with van der Waals surface area (Å²) in [5.41, 5.74) is 20.6. The fourth-order valence-corrected chi connectivity index (χ4v) is 12.2. The Morgan fingerprint density at radius 2 is 0.744 bits per heavy atom. The van der Waals surface area contributed by atoms with E-state index in [0.29, 0.717) is 11.3 Å². The van der Waals surface area contributed by atoms with Crippen LogP contribution in [0.3, 0.4) is 0 Å². The smallest absolute Gasteiger partial charge is 0.202 e. The van der Waals surface area contributed by atoms with E-state index in [1.54, 1.807) is 0 Å². The molecule has 0 unspecified atom stereocenters. The van der Waals surface area contributed by atoms with Gasteiger partial charge in [0.1, 0.15) is 6.07 Å². The zero-order valence-corrected chi connectivity index (χ0v) is 47.6. The molecule has 0 amide bonds. The van der Waals surface area contributed by atoms with Crippen molar-refractivity contribution in [2.45, 2.75) is 104 Å². The summed E-state index contributed by atoms with van der Waals surface area (Å²) >= 11 is 0. The molecule has 13 rings (SSSR count). The van der Waals surface area contributed by atoms with Gasteiger partial charge >= 0.3 is 0 Å². The van der Waals surface area contributed by atoms with Crippen LogP contribution in [0.4, 0.5) is 39.8 Å². The highest BCUT2D eigenvalue weighted by molar-refractivity contribution is 6.16. The normalized spacial score (nSPS) is 13.7. The summed E-state index contributed by atoms with van der Waals surface area (Å²) in [7, 11) is 0. The molecule has 0 heterocycles. The van der Waals surface area contributed by atoms with E-state index in [4.69, 9.17) is 6.57 Å². The van der Waals surface area contributed by atoms with Crippen LogP contribution in [-0.4, -0.2) is 0 Å². The Bertz CT molecular complexity index is 3670. The van der Waals surface area contributed by atoms with Gasteiger partial charge in [0.2, 0.25) is 5.69 Å². The van der Waals surface area contributed by atoms with E-state index in [1.165, 1.54) is 109 Å². The van der Waals surface area contributed by atoms with E-state index in [1.807, 2.05) is 60.7 Å². The molecule has 4 heteroatoms. The van der Waals surface area contributed by atoms with Crippen molar-refractivity contribution >= 4 is 85.7 Å². The monoisotopic (exact) mass is 1060 g/mol. The van der Waals surface area contributed by atoms with E-state index < -0.39 is 0 Å².